The van der Waals surface area contributed by atoms with Gasteiger partial charge in [-0.3, -0.25) is 0 Å². The van der Waals surface area contributed by atoms with Gasteiger partial charge in [-0.2, -0.15) is 0 Å². The van der Waals surface area contributed by atoms with Crippen LogP contribution in [0, 0.1) is 0 Å². The molecule has 2 aliphatic heterocycles. The number of halogens is 1. The first-order valence-electron chi connectivity index (χ1n) is 6.13. The second-order valence-electron chi connectivity index (χ2n) is 4.66. The zero-order valence-electron chi connectivity index (χ0n) is 9.53. The van der Waals surface area contributed by atoms with Crippen LogP contribution in [-0.4, -0.2) is 48.1 Å². The molecule has 2 heterocycles. The van der Waals surface area contributed by atoms with Gasteiger partial charge in [-0.15, -0.1) is 0 Å². The van der Waals surface area contributed by atoms with Crippen molar-refractivity contribution in [2.75, 3.05) is 26.2 Å². The Kier molecular flexibility index (Phi) is 4.69. The van der Waals surface area contributed by atoms with Gasteiger partial charge in [0, 0.05) is 19.1 Å². The van der Waals surface area contributed by atoms with Gasteiger partial charge in [0.1, 0.15) is 0 Å². The summed E-state index contributed by atoms with van der Waals surface area (Å²) in [6, 6.07) is 0.693. The first kappa shape index (κ1) is 12.4. The van der Waals surface area contributed by atoms with Crippen LogP contribution < -0.4 is 0 Å². The lowest BCUT2D eigenvalue weighted by Crippen LogP contribution is -2.47. The first-order valence-corrected chi connectivity index (χ1v) is 7.01. The lowest BCUT2D eigenvalue weighted by molar-refractivity contribution is 0.0925. The second kappa shape index (κ2) is 6.05. The van der Waals surface area contributed by atoms with Crippen molar-refractivity contribution in [2.24, 2.45) is 0 Å². The molecule has 0 N–H and O–H groups in total. The normalized spacial score (nSPS) is 24.4. The minimum Gasteiger partial charge on any atom is -0.378 e. The summed E-state index contributed by atoms with van der Waals surface area (Å²) in [7, 11) is 0. The Morgan fingerprint density at radius 2 is 1.69 bits per heavy atom. The number of piperidine rings is 2. The van der Waals surface area contributed by atoms with Crippen LogP contribution in [-0.2, 0) is 3.07 Å². The zero-order chi connectivity index (χ0) is 11.4. The highest BCUT2D eigenvalue weighted by atomic mass is 127. The molecule has 0 aromatic rings. The molecule has 0 aliphatic carbocycles. The Morgan fingerprint density at radius 1 is 1.06 bits per heavy atom. The summed E-state index contributed by atoms with van der Waals surface area (Å²) in [5.41, 5.74) is 0. The van der Waals surface area contributed by atoms with Crippen LogP contribution in [0.2, 0.25) is 0 Å². The molecule has 1 amide bonds. The van der Waals surface area contributed by atoms with Gasteiger partial charge in [-0.1, -0.05) is 6.42 Å². The maximum Gasteiger partial charge on any atom is 0.419 e. The molecule has 2 rings (SSSR count). The van der Waals surface area contributed by atoms with E-state index < -0.39 is 0 Å². The average molecular weight is 338 g/mol. The van der Waals surface area contributed by atoms with Crippen molar-refractivity contribution >= 4 is 29.1 Å². The topological polar surface area (TPSA) is 32.8 Å². The third-order valence-corrected chi connectivity index (χ3v) is 4.07. The Balaban J connectivity index is 1.78. The van der Waals surface area contributed by atoms with Gasteiger partial charge in [0.2, 0.25) is 0 Å². The molecule has 0 bridgehead atoms. The van der Waals surface area contributed by atoms with E-state index in [1.165, 1.54) is 32.4 Å². The fourth-order valence-electron chi connectivity index (χ4n) is 2.75. The molecule has 16 heavy (non-hydrogen) atoms. The number of carbonyl (C=O) groups excluding carboxylic acids is 1. The number of amides is 1. The first-order chi connectivity index (χ1) is 7.81. The van der Waals surface area contributed by atoms with Crippen molar-refractivity contribution in [1.29, 1.82) is 0 Å². The number of carbonyl (C=O) groups is 1. The van der Waals surface area contributed by atoms with Gasteiger partial charge in [0.05, 0.1) is 0 Å². The van der Waals surface area contributed by atoms with E-state index in [0.29, 0.717) is 6.04 Å². The summed E-state index contributed by atoms with van der Waals surface area (Å²) < 4.78 is 4.71. The molecule has 2 saturated heterocycles. The van der Waals surface area contributed by atoms with Crippen LogP contribution in [0.1, 0.15) is 32.1 Å². The Bertz CT molecular complexity index is 236. The summed E-state index contributed by atoms with van der Waals surface area (Å²) in [4.78, 5) is 15.8. The van der Waals surface area contributed by atoms with Gasteiger partial charge in [-0.25, -0.2) is 4.79 Å². The lowest BCUT2D eigenvalue weighted by Gasteiger charge is -2.39. The van der Waals surface area contributed by atoms with Gasteiger partial charge in [0.25, 0.3) is 0 Å². The molecule has 4 nitrogen and oxygen atoms in total. The van der Waals surface area contributed by atoms with Crippen LogP contribution in [0.25, 0.3) is 0 Å². The molecule has 2 fully saturated rings. The fourth-order valence-corrected chi connectivity index (χ4v) is 3.02. The second-order valence-corrected chi connectivity index (χ2v) is 5.10. The molecule has 0 aromatic carbocycles. The highest BCUT2D eigenvalue weighted by Gasteiger charge is 2.27. The third-order valence-electron chi connectivity index (χ3n) is 3.70. The molecular formula is C11H19IN2O2. The highest BCUT2D eigenvalue weighted by molar-refractivity contribution is 14.1. The lowest BCUT2D eigenvalue weighted by atomic mass is 10.0. The molecule has 0 saturated carbocycles. The smallest absolute Gasteiger partial charge is 0.378 e. The molecule has 2 aliphatic rings. The summed E-state index contributed by atoms with van der Waals surface area (Å²) in [5.74, 6) is 0. The van der Waals surface area contributed by atoms with Gasteiger partial charge in [-0.05, 0) is 38.8 Å². The number of rotatable bonds is 1. The minimum absolute atomic E-state index is 0.183. The molecule has 0 unspecified atom stereocenters. The number of nitrogens with zero attached hydrogens (tertiary/aromatic N) is 2. The van der Waals surface area contributed by atoms with Gasteiger partial charge < -0.3 is 12.9 Å². The summed E-state index contributed by atoms with van der Waals surface area (Å²) in [5, 5.41) is 0. The molecule has 0 aromatic heterocycles. The van der Waals surface area contributed by atoms with E-state index in [-0.39, 0.29) is 6.09 Å². The van der Waals surface area contributed by atoms with E-state index in [0.717, 1.165) is 25.9 Å². The molecule has 0 atom stereocenters. The Labute approximate surface area is 111 Å². The van der Waals surface area contributed by atoms with Gasteiger partial charge >= 0.3 is 6.09 Å². The molecule has 5 heteroatoms. The monoisotopic (exact) mass is 338 g/mol. The van der Waals surface area contributed by atoms with Gasteiger partial charge in [0.15, 0.2) is 23.0 Å². The van der Waals surface area contributed by atoms with Crippen LogP contribution in [0.15, 0.2) is 0 Å². The summed E-state index contributed by atoms with van der Waals surface area (Å²) >= 11 is 1.66. The quantitative estimate of drug-likeness (QED) is 0.689. The van der Waals surface area contributed by atoms with E-state index in [9.17, 15) is 4.79 Å². The standard InChI is InChI=1S/C11H19IN2O2/c12-16-11(15)14-8-4-10(5-9-14)13-6-2-1-3-7-13/h10H,1-9H2. The van der Waals surface area contributed by atoms with E-state index in [4.69, 9.17) is 3.07 Å². The van der Waals surface area contributed by atoms with Crippen LogP contribution in [0.4, 0.5) is 4.79 Å². The SMILES string of the molecule is O=C(OI)N1CCC(N2CCCCC2)CC1. The van der Waals surface area contributed by atoms with Crippen LogP contribution in [0.5, 0.6) is 0 Å². The van der Waals surface area contributed by atoms with Crippen molar-refractivity contribution in [3.05, 3.63) is 0 Å². The van der Waals surface area contributed by atoms with E-state index in [1.807, 2.05) is 4.90 Å². The minimum atomic E-state index is -0.183. The predicted molar refractivity (Wildman–Crippen MR) is 70.5 cm³/mol. The summed E-state index contributed by atoms with van der Waals surface area (Å²) in [6.07, 6.45) is 6.10. The van der Waals surface area contributed by atoms with Crippen molar-refractivity contribution in [3.8, 4) is 0 Å². The Hall–Kier alpha value is -0.0400. The number of hydrogen-bond acceptors (Lipinski definition) is 3. The number of likely N-dealkylation sites (tertiary alicyclic amines) is 2. The molecular weight excluding hydrogens is 319 g/mol. The average Bonchev–Trinajstić information content (AvgIpc) is 2.39. The van der Waals surface area contributed by atoms with E-state index in [1.54, 1.807) is 23.0 Å². The van der Waals surface area contributed by atoms with Crippen molar-refractivity contribution in [1.82, 2.24) is 9.80 Å². The van der Waals surface area contributed by atoms with Crippen LogP contribution >= 0.6 is 23.0 Å². The molecule has 0 radical (unpaired) electrons. The highest BCUT2D eigenvalue weighted by Crippen LogP contribution is 2.21. The van der Waals surface area contributed by atoms with E-state index in [2.05, 4.69) is 4.90 Å². The van der Waals surface area contributed by atoms with Crippen LogP contribution in [0.3, 0.4) is 0 Å². The van der Waals surface area contributed by atoms with Crippen molar-refractivity contribution < 1.29 is 7.86 Å². The summed E-state index contributed by atoms with van der Waals surface area (Å²) in [6.45, 7) is 4.20. The van der Waals surface area contributed by atoms with Crippen molar-refractivity contribution in [2.45, 2.75) is 38.1 Å². The maximum atomic E-state index is 11.3. The largest absolute Gasteiger partial charge is 0.419 e. The third kappa shape index (κ3) is 3.00. The molecule has 0 spiro atoms. The Morgan fingerprint density at radius 3 is 2.25 bits per heavy atom. The maximum absolute atomic E-state index is 11.3. The van der Waals surface area contributed by atoms with E-state index >= 15 is 0 Å². The van der Waals surface area contributed by atoms with Crippen molar-refractivity contribution in [3.63, 3.8) is 0 Å². The zero-order valence-corrected chi connectivity index (χ0v) is 11.7. The fraction of sp³-hybridized carbons (Fsp3) is 0.909. The molecule has 92 valence electrons. The number of hydrogen-bond donors (Lipinski definition) is 0. The predicted octanol–water partition coefficient (Wildman–Crippen LogP) is 2.42.